The minimum absolute atomic E-state index is 0.0835. The van der Waals surface area contributed by atoms with Gasteiger partial charge < -0.3 is 9.84 Å². The Labute approximate surface area is 155 Å². The highest BCUT2D eigenvalue weighted by Crippen LogP contribution is 2.48. The van der Waals surface area contributed by atoms with E-state index < -0.39 is 11.8 Å². The van der Waals surface area contributed by atoms with Gasteiger partial charge in [0.15, 0.2) is 11.6 Å². The third-order valence-electron chi connectivity index (χ3n) is 5.06. The monoisotopic (exact) mass is 373 g/mol. The van der Waals surface area contributed by atoms with Crippen LogP contribution in [0.3, 0.4) is 0 Å². The van der Waals surface area contributed by atoms with Gasteiger partial charge in [-0.05, 0) is 48.9 Å². The Morgan fingerprint density at radius 1 is 1.35 bits per heavy atom. The zero-order valence-corrected chi connectivity index (χ0v) is 15.0. The molecule has 0 aliphatic heterocycles. The first-order chi connectivity index (χ1) is 12.6. The number of carboxylic acid groups (broad SMARTS) is 1. The molecule has 2 aliphatic carbocycles. The molecule has 2 unspecified atom stereocenters. The molecule has 1 aromatic heterocycles. The Balaban J connectivity index is 1.41. The lowest BCUT2D eigenvalue weighted by molar-refractivity contribution is -0.138. The maximum atomic E-state index is 14.4. The summed E-state index contributed by atoms with van der Waals surface area (Å²) in [6, 6.07) is 8.58. The van der Waals surface area contributed by atoms with Crippen LogP contribution >= 0.6 is 11.8 Å². The third-order valence-corrected chi connectivity index (χ3v) is 6.45. The summed E-state index contributed by atoms with van der Waals surface area (Å²) in [5.41, 5.74) is 1.69. The minimum Gasteiger partial charge on any atom is -0.486 e. The van der Waals surface area contributed by atoms with Crippen LogP contribution in [0.5, 0.6) is 5.75 Å². The fourth-order valence-corrected chi connectivity index (χ4v) is 4.43. The summed E-state index contributed by atoms with van der Waals surface area (Å²) in [6.07, 6.45) is 6.06. The molecule has 0 radical (unpaired) electrons. The summed E-state index contributed by atoms with van der Waals surface area (Å²) in [6.45, 7) is 0.264. The van der Waals surface area contributed by atoms with Crippen LogP contribution in [0.2, 0.25) is 0 Å². The smallest absolute Gasteiger partial charge is 0.307 e. The zero-order chi connectivity index (χ0) is 18.1. The van der Waals surface area contributed by atoms with E-state index in [2.05, 4.69) is 4.98 Å². The van der Waals surface area contributed by atoms with Gasteiger partial charge in [0.25, 0.3) is 0 Å². The molecule has 0 saturated heterocycles. The standard InChI is InChI=1S/C20H20FNO3S/c21-17-9-12(15-10-16(15)20(23)24)6-7-18(17)25-11-13-3-2-8-22-19(13)26-14-4-1-5-14/h2-3,6-9,14-16H,1,4-5,10-11H2,(H,23,24). The van der Waals surface area contributed by atoms with E-state index in [1.54, 1.807) is 30.1 Å². The molecule has 2 fully saturated rings. The molecule has 0 bridgehead atoms. The fourth-order valence-electron chi connectivity index (χ4n) is 3.14. The molecule has 6 heteroatoms. The van der Waals surface area contributed by atoms with Crippen molar-refractivity contribution in [3.8, 4) is 5.75 Å². The highest BCUT2D eigenvalue weighted by Gasteiger charge is 2.44. The van der Waals surface area contributed by atoms with Crippen LogP contribution in [0.4, 0.5) is 4.39 Å². The predicted octanol–water partition coefficient (Wildman–Crippen LogP) is 4.63. The van der Waals surface area contributed by atoms with Gasteiger partial charge in [-0.2, -0.15) is 0 Å². The number of hydrogen-bond acceptors (Lipinski definition) is 4. The van der Waals surface area contributed by atoms with Crippen LogP contribution in [0.15, 0.2) is 41.6 Å². The van der Waals surface area contributed by atoms with Crippen LogP contribution in [0.1, 0.15) is 42.7 Å². The van der Waals surface area contributed by atoms with Crippen LogP contribution in [-0.4, -0.2) is 21.3 Å². The molecular formula is C20H20FNO3S. The van der Waals surface area contributed by atoms with Crippen molar-refractivity contribution in [3.05, 3.63) is 53.5 Å². The van der Waals surface area contributed by atoms with Gasteiger partial charge >= 0.3 is 5.97 Å². The van der Waals surface area contributed by atoms with E-state index in [0.717, 1.165) is 16.2 Å². The zero-order valence-electron chi connectivity index (χ0n) is 14.2. The molecular weight excluding hydrogens is 353 g/mol. The quantitative estimate of drug-likeness (QED) is 0.767. The summed E-state index contributed by atoms with van der Waals surface area (Å²) in [5, 5.41) is 10.6. The Bertz CT molecular complexity index is 824. The van der Waals surface area contributed by atoms with E-state index in [1.165, 1.54) is 25.3 Å². The molecule has 4 nitrogen and oxygen atoms in total. The van der Waals surface area contributed by atoms with E-state index in [4.69, 9.17) is 9.84 Å². The van der Waals surface area contributed by atoms with E-state index >= 15 is 0 Å². The molecule has 26 heavy (non-hydrogen) atoms. The first-order valence-corrected chi connectivity index (χ1v) is 9.75. The summed E-state index contributed by atoms with van der Waals surface area (Å²) < 4.78 is 20.0. The second-order valence-electron chi connectivity index (χ2n) is 6.90. The highest BCUT2D eigenvalue weighted by atomic mass is 32.2. The average molecular weight is 373 g/mol. The molecule has 2 aromatic rings. The largest absolute Gasteiger partial charge is 0.486 e. The molecule has 2 atom stereocenters. The number of carbonyl (C=O) groups is 1. The number of carboxylic acids is 1. The molecule has 0 amide bonds. The number of ether oxygens (including phenoxy) is 1. The van der Waals surface area contributed by atoms with Gasteiger partial charge in [0.1, 0.15) is 11.6 Å². The number of halogens is 1. The molecule has 1 N–H and O–H groups in total. The number of nitrogens with zero attached hydrogens (tertiary/aromatic N) is 1. The van der Waals surface area contributed by atoms with Gasteiger partial charge in [-0.15, -0.1) is 11.8 Å². The van der Waals surface area contributed by atoms with E-state index in [9.17, 15) is 9.18 Å². The number of thioether (sulfide) groups is 1. The van der Waals surface area contributed by atoms with Crippen LogP contribution in [0.25, 0.3) is 0 Å². The van der Waals surface area contributed by atoms with Crippen LogP contribution in [0, 0.1) is 11.7 Å². The number of aliphatic carboxylic acids is 1. The Morgan fingerprint density at radius 2 is 2.19 bits per heavy atom. The Hall–Kier alpha value is -2.08. The van der Waals surface area contributed by atoms with Crippen molar-refractivity contribution in [2.45, 2.75) is 48.5 Å². The highest BCUT2D eigenvalue weighted by molar-refractivity contribution is 8.00. The predicted molar refractivity (Wildman–Crippen MR) is 96.9 cm³/mol. The number of rotatable bonds is 7. The number of hydrogen-bond donors (Lipinski definition) is 1. The third kappa shape index (κ3) is 3.70. The lowest BCUT2D eigenvalue weighted by atomic mass is 10.0. The first-order valence-electron chi connectivity index (χ1n) is 8.87. The number of benzene rings is 1. The van der Waals surface area contributed by atoms with E-state index in [1.807, 2.05) is 12.1 Å². The van der Waals surface area contributed by atoms with Gasteiger partial charge in [0.2, 0.25) is 0 Å². The van der Waals surface area contributed by atoms with Gasteiger partial charge in [0, 0.05) is 17.0 Å². The maximum Gasteiger partial charge on any atom is 0.307 e. The molecule has 1 heterocycles. The second kappa shape index (κ2) is 7.27. The summed E-state index contributed by atoms with van der Waals surface area (Å²) in [4.78, 5) is 15.4. The van der Waals surface area contributed by atoms with E-state index in [-0.39, 0.29) is 24.2 Å². The van der Waals surface area contributed by atoms with Crippen molar-refractivity contribution < 1.29 is 19.0 Å². The fraction of sp³-hybridized carbons (Fsp3) is 0.400. The van der Waals surface area contributed by atoms with E-state index in [0.29, 0.717) is 11.7 Å². The lowest BCUT2D eigenvalue weighted by Gasteiger charge is -2.24. The van der Waals surface area contributed by atoms with Crippen molar-refractivity contribution in [2.24, 2.45) is 5.92 Å². The van der Waals surface area contributed by atoms with Crippen molar-refractivity contribution in [1.29, 1.82) is 0 Å². The SMILES string of the molecule is O=C(O)C1CC1c1ccc(OCc2cccnc2SC2CCC2)c(F)c1. The van der Waals surface area contributed by atoms with Gasteiger partial charge in [-0.1, -0.05) is 18.6 Å². The molecule has 2 saturated carbocycles. The van der Waals surface area contributed by atoms with Crippen LogP contribution in [-0.2, 0) is 11.4 Å². The normalized spacial score (nSPS) is 21.9. The van der Waals surface area contributed by atoms with Crippen LogP contribution < -0.4 is 4.74 Å². The molecule has 0 spiro atoms. The van der Waals surface area contributed by atoms with Gasteiger partial charge in [0.05, 0.1) is 5.92 Å². The number of aromatic nitrogens is 1. The molecule has 1 aromatic carbocycles. The Kier molecular flexibility index (Phi) is 4.85. The average Bonchev–Trinajstić information content (AvgIpc) is 3.39. The van der Waals surface area contributed by atoms with Crippen molar-refractivity contribution >= 4 is 17.7 Å². The first kappa shape index (κ1) is 17.3. The molecule has 4 rings (SSSR count). The minimum atomic E-state index is -0.816. The Morgan fingerprint density at radius 3 is 2.85 bits per heavy atom. The summed E-state index contributed by atoms with van der Waals surface area (Å²) >= 11 is 1.77. The molecule has 136 valence electrons. The van der Waals surface area contributed by atoms with Gasteiger partial charge in [-0.3, -0.25) is 4.79 Å². The maximum absolute atomic E-state index is 14.4. The number of pyridine rings is 1. The van der Waals surface area contributed by atoms with Crippen molar-refractivity contribution in [3.63, 3.8) is 0 Å². The second-order valence-corrected chi connectivity index (χ2v) is 8.19. The van der Waals surface area contributed by atoms with Crippen molar-refractivity contribution in [2.75, 3.05) is 0 Å². The summed E-state index contributed by atoms with van der Waals surface area (Å²) in [7, 11) is 0. The van der Waals surface area contributed by atoms with Gasteiger partial charge in [-0.25, -0.2) is 9.37 Å². The molecule has 2 aliphatic rings. The topological polar surface area (TPSA) is 59.4 Å². The van der Waals surface area contributed by atoms with Crippen molar-refractivity contribution in [1.82, 2.24) is 4.98 Å². The lowest BCUT2D eigenvalue weighted by Crippen LogP contribution is -2.14. The summed E-state index contributed by atoms with van der Waals surface area (Å²) in [5.74, 6) is -1.55.